The molecule has 0 fully saturated rings. The van der Waals surface area contributed by atoms with Gasteiger partial charge in [0.25, 0.3) is 0 Å². The molecule has 0 aromatic rings. The average Bonchev–Trinajstić information content (AvgIpc) is 2.49. The highest BCUT2D eigenvalue weighted by Crippen LogP contribution is 2.28. The van der Waals surface area contributed by atoms with Crippen molar-refractivity contribution in [2.75, 3.05) is 0 Å². The van der Waals surface area contributed by atoms with Crippen LogP contribution in [-0.4, -0.2) is 5.60 Å². The first-order chi connectivity index (χ1) is 10.9. The minimum Gasteiger partial charge on any atom is -0.493 e. The Labute approximate surface area is 149 Å². The second kappa shape index (κ2) is 19.6. The number of allylic oxidation sites excluding steroid dienone is 1. The van der Waals surface area contributed by atoms with Gasteiger partial charge < -0.3 is 4.74 Å². The highest BCUT2D eigenvalue weighted by molar-refractivity contribution is 4.87. The van der Waals surface area contributed by atoms with Crippen LogP contribution in [0.15, 0.2) is 12.3 Å². The molecular weight excluding hydrogens is 280 g/mol. The first-order valence-corrected chi connectivity index (χ1v) is 10.2. The number of unbranched alkanes of at least 4 members (excludes halogenated alkanes) is 2. The van der Waals surface area contributed by atoms with Gasteiger partial charge in [-0.05, 0) is 32.6 Å². The third kappa shape index (κ3) is 21.5. The monoisotopic (exact) mass is 328 g/mol. The summed E-state index contributed by atoms with van der Waals surface area (Å²) in [5.41, 5.74) is -0.0564. The third-order valence-corrected chi connectivity index (χ3v) is 3.53. The fourth-order valence-electron chi connectivity index (χ4n) is 2.61. The summed E-state index contributed by atoms with van der Waals surface area (Å²) in [4.78, 5) is 0. The molecule has 0 aromatic carbocycles. The van der Waals surface area contributed by atoms with Crippen molar-refractivity contribution in [3.8, 4) is 0 Å². The molecule has 0 amide bonds. The van der Waals surface area contributed by atoms with Crippen LogP contribution in [0.5, 0.6) is 0 Å². The first kappa shape index (κ1) is 27.4. The zero-order valence-electron chi connectivity index (χ0n) is 18.1. The van der Waals surface area contributed by atoms with E-state index in [1.807, 2.05) is 13.8 Å². The van der Waals surface area contributed by atoms with Crippen molar-refractivity contribution >= 4 is 0 Å². The van der Waals surface area contributed by atoms with Crippen LogP contribution in [0.3, 0.4) is 0 Å². The molecule has 0 saturated carbocycles. The van der Waals surface area contributed by atoms with Crippen molar-refractivity contribution in [2.45, 2.75) is 126 Å². The second-order valence-corrected chi connectivity index (χ2v) is 6.83. The zero-order valence-corrected chi connectivity index (χ0v) is 18.1. The van der Waals surface area contributed by atoms with Gasteiger partial charge >= 0.3 is 0 Å². The lowest BCUT2D eigenvalue weighted by Gasteiger charge is -2.31. The van der Waals surface area contributed by atoms with Crippen LogP contribution in [0.2, 0.25) is 0 Å². The van der Waals surface area contributed by atoms with Crippen LogP contribution in [-0.2, 0) is 4.74 Å². The SMILES string of the molecule is C=C(CCCCC)OC(C)(C)CC(CC)CCC.CC.CCC. The maximum Gasteiger partial charge on any atom is 0.103 e. The molecule has 1 atom stereocenters. The predicted molar refractivity (Wildman–Crippen MR) is 109 cm³/mol. The van der Waals surface area contributed by atoms with E-state index >= 15 is 0 Å². The number of hydrogen-bond acceptors (Lipinski definition) is 1. The maximum atomic E-state index is 6.07. The second-order valence-electron chi connectivity index (χ2n) is 6.83. The van der Waals surface area contributed by atoms with E-state index in [1.165, 1.54) is 44.9 Å². The van der Waals surface area contributed by atoms with E-state index in [0.29, 0.717) is 0 Å². The Morgan fingerprint density at radius 2 is 1.48 bits per heavy atom. The molecule has 0 spiro atoms. The van der Waals surface area contributed by atoms with Crippen LogP contribution >= 0.6 is 0 Å². The molecule has 1 heteroatoms. The summed E-state index contributed by atoms with van der Waals surface area (Å²) >= 11 is 0. The van der Waals surface area contributed by atoms with Crippen molar-refractivity contribution < 1.29 is 4.74 Å². The Bertz CT molecular complexity index is 230. The highest BCUT2D eigenvalue weighted by Gasteiger charge is 2.24. The molecule has 1 nitrogen and oxygen atoms in total. The van der Waals surface area contributed by atoms with E-state index in [0.717, 1.165) is 24.5 Å². The zero-order chi connectivity index (χ0) is 18.7. The number of hydrogen-bond donors (Lipinski definition) is 0. The molecule has 0 aromatic heterocycles. The Morgan fingerprint density at radius 3 is 1.87 bits per heavy atom. The van der Waals surface area contributed by atoms with Crippen LogP contribution in [0, 0.1) is 5.92 Å². The minimum absolute atomic E-state index is 0.0564. The highest BCUT2D eigenvalue weighted by atomic mass is 16.5. The lowest BCUT2D eigenvalue weighted by atomic mass is 9.88. The molecule has 0 aliphatic heterocycles. The molecule has 142 valence electrons. The molecule has 0 N–H and O–H groups in total. The van der Waals surface area contributed by atoms with Gasteiger partial charge in [0, 0.05) is 6.42 Å². The Morgan fingerprint density at radius 1 is 0.957 bits per heavy atom. The van der Waals surface area contributed by atoms with Gasteiger partial charge in [-0.2, -0.15) is 0 Å². The maximum absolute atomic E-state index is 6.07. The fraction of sp³-hybridized carbons (Fsp3) is 0.909. The van der Waals surface area contributed by atoms with Crippen LogP contribution in [0.1, 0.15) is 120 Å². The average molecular weight is 329 g/mol. The van der Waals surface area contributed by atoms with E-state index in [1.54, 1.807) is 0 Å². The van der Waals surface area contributed by atoms with Gasteiger partial charge in [0.1, 0.15) is 5.60 Å². The van der Waals surface area contributed by atoms with Crippen molar-refractivity contribution in [1.82, 2.24) is 0 Å². The summed E-state index contributed by atoms with van der Waals surface area (Å²) in [5.74, 6) is 1.76. The Kier molecular flexibility index (Phi) is 23.3. The Hall–Kier alpha value is -0.460. The van der Waals surface area contributed by atoms with Crippen molar-refractivity contribution in [2.24, 2.45) is 5.92 Å². The van der Waals surface area contributed by atoms with E-state index in [4.69, 9.17) is 4.74 Å². The van der Waals surface area contributed by atoms with Gasteiger partial charge in [-0.3, -0.25) is 0 Å². The summed E-state index contributed by atoms with van der Waals surface area (Å²) in [5, 5.41) is 0. The third-order valence-electron chi connectivity index (χ3n) is 3.53. The molecule has 0 aliphatic rings. The molecule has 0 aliphatic carbocycles. The van der Waals surface area contributed by atoms with Crippen molar-refractivity contribution in [3.63, 3.8) is 0 Å². The number of rotatable bonds is 11. The van der Waals surface area contributed by atoms with E-state index in [9.17, 15) is 0 Å². The van der Waals surface area contributed by atoms with Gasteiger partial charge in [0.15, 0.2) is 0 Å². The molecule has 0 heterocycles. The van der Waals surface area contributed by atoms with Crippen LogP contribution in [0.4, 0.5) is 0 Å². The lowest BCUT2D eigenvalue weighted by Crippen LogP contribution is -2.27. The largest absolute Gasteiger partial charge is 0.493 e. The van der Waals surface area contributed by atoms with Gasteiger partial charge in [-0.1, -0.05) is 93.6 Å². The molecule has 0 bridgehead atoms. The quantitative estimate of drug-likeness (QED) is 0.273. The molecule has 0 saturated heterocycles. The fourth-order valence-corrected chi connectivity index (χ4v) is 2.61. The molecule has 23 heavy (non-hydrogen) atoms. The summed E-state index contributed by atoms with van der Waals surface area (Å²) in [7, 11) is 0. The predicted octanol–water partition coefficient (Wildman–Crippen LogP) is 8.53. The standard InChI is InChI=1S/C17H34O.C3H8.C2H6/c1-7-10-11-13-15(4)18-17(5,6)14-16(9-3)12-8-2;1-3-2;1-2/h16H,4,7-14H2,1-3,5-6H3;3H2,1-2H3;1-2H3. The van der Waals surface area contributed by atoms with Crippen LogP contribution in [0.25, 0.3) is 0 Å². The van der Waals surface area contributed by atoms with Gasteiger partial charge in [-0.25, -0.2) is 0 Å². The number of ether oxygens (including phenoxy) is 1. The molecular formula is C22H48O. The summed E-state index contributed by atoms with van der Waals surface area (Å²) in [6.45, 7) is 23.5. The van der Waals surface area contributed by atoms with Crippen molar-refractivity contribution in [3.05, 3.63) is 12.3 Å². The van der Waals surface area contributed by atoms with Gasteiger partial charge in [-0.15, -0.1) is 0 Å². The summed E-state index contributed by atoms with van der Waals surface area (Å²) in [6.07, 6.45) is 11.0. The topological polar surface area (TPSA) is 9.23 Å². The Balaban J connectivity index is -0.000000710. The van der Waals surface area contributed by atoms with Gasteiger partial charge in [0.2, 0.25) is 0 Å². The lowest BCUT2D eigenvalue weighted by molar-refractivity contribution is 0.00773. The summed E-state index contributed by atoms with van der Waals surface area (Å²) < 4.78 is 6.07. The normalized spacial score (nSPS) is 11.5. The first-order valence-electron chi connectivity index (χ1n) is 10.2. The smallest absolute Gasteiger partial charge is 0.103 e. The van der Waals surface area contributed by atoms with Gasteiger partial charge in [0.05, 0.1) is 5.76 Å². The van der Waals surface area contributed by atoms with E-state index in [-0.39, 0.29) is 5.60 Å². The minimum atomic E-state index is -0.0564. The summed E-state index contributed by atoms with van der Waals surface area (Å²) in [6, 6.07) is 0. The van der Waals surface area contributed by atoms with Crippen molar-refractivity contribution in [1.29, 1.82) is 0 Å². The van der Waals surface area contributed by atoms with E-state index < -0.39 is 0 Å². The molecule has 0 radical (unpaired) electrons. The molecule has 0 rings (SSSR count). The van der Waals surface area contributed by atoms with Crippen LogP contribution < -0.4 is 0 Å². The van der Waals surface area contributed by atoms with E-state index in [2.05, 4.69) is 55.0 Å². The molecule has 1 unspecified atom stereocenters.